The highest BCUT2D eigenvalue weighted by Gasteiger charge is 2.04. The van der Waals surface area contributed by atoms with Crippen molar-refractivity contribution in [2.45, 2.75) is 33.3 Å². The van der Waals surface area contributed by atoms with Crippen LogP contribution in [0.15, 0.2) is 71.7 Å². The number of halogens is 1. The van der Waals surface area contributed by atoms with Gasteiger partial charge in [-0.1, -0.05) is 38.1 Å². The highest BCUT2D eigenvalue weighted by molar-refractivity contribution is 5.36. The molecule has 0 bridgehead atoms. The fourth-order valence-electron chi connectivity index (χ4n) is 3.38. The van der Waals surface area contributed by atoms with Gasteiger partial charge in [0.25, 0.3) is 5.56 Å². The maximum absolute atomic E-state index is 13.0. The third-order valence-electron chi connectivity index (χ3n) is 5.26. The Morgan fingerprint density at radius 1 is 0.933 bits per heavy atom. The van der Waals surface area contributed by atoms with E-state index in [1.165, 1.54) is 23.8 Å². The van der Waals surface area contributed by atoms with E-state index < -0.39 is 0 Å². The lowest BCUT2D eigenvalue weighted by molar-refractivity contribution is 0.300. The Morgan fingerprint density at radius 2 is 1.60 bits per heavy atom. The molecule has 0 spiro atoms. The van der Waals surface area contributed by atoms with Gasteiger partial charge in [-0.05, 0) is 73.9 Å². The smallest absolute Gasteiger partial charge is 0.258 e. The molecule has 0 unspecified atom stereocenters. The molecule has 2 aromatic carbocycles. The molecular formula is C25H29FN2O2. The third kappa shape index (κ3) is 6.04. The highest BCUT2D eigenvalue weighted by Crippen LogP contribution is 2.14. The molecule has 3 rings (SSSR count). The van der Waals surface area contributed by atoms with Crippen LogP contribution in [0.5, 0.6) is 5.75 Å². The monoisotopic (exact) mass is 408 g/mol. The standard InChI is InChI=1S/C25H29FN2O2/c1-3-27(4-2)16-5-6-20-9-13-23(14-10-20)28-17-15-24(18-25(28)29)30-19-21-7-11-22(26)12-8-21/h7-15,17-18H,3-6,16,19H2,1-2H3. The van der Waals surface area contributed by atoms with Crippen LogP contribution in [0.3, 0.4) is 0 Å². The van der Waals surface area contributed by atoms with Crippen molar-refractivity contribution < 1.29 is 9.13 Å². The predicted octanol–water partition coefficient (Wildman–Crippen LogP) is 4.83. The molecule has 0 amide bonds. The lowest BCUT2D eigenvalue weighted by atomic mass is 10.1. The first-order valence-electron chi connectivity index (χ1n) is 10.5. The van der Waals surface area contributed by atoms with Gasteiger partial charge in [0.15, 0.2) is 0 Å². The minimum Gasteiger partial charge on any atom is -0.489 e. The summed E-state index contributed by atoms with van der Waals surface area (Å²) in [5.74, 6) is 0.213. The lowest BCUT2D eigenvalue weighted by Crippen LogP contribution is -2.24. The highest BCUT2D eigenvalue weighted by atomic mass is 19.1. The Hall–Kier alpha value is -2.92. The zero-order valence-corrected chi connectivity index (χ0v) is 17.7. The summed E-state index contributed by atoms with van der Waals surface area (Å²) in [6.45, 7) is 7.94. The van der Waals surface area contributed by atoms with Crippen LogP contribution in [0.4, 0.5) is 4.39 Å². The first-order chi connectivity index (χ1) is 14.6. The fraction of sp³-hybridized carbons (Fsp3) is 0.320. The van der Waals surface area contributed by atoms with Crippen LogP contribution in [-0.2, 0) is 13.0 Å². The third-order valence-corrected chi connectivity index (χ3v) is 5.26. The Morgan fingerprint density at radius 3 is 2.23 bits per heavy atom. The molecule has 30 heavy (non-hydrogen) atoms. The van der Waals surface area contributed by atoms with Gasteiger partial charge < -0.3 is 9.64 Å². The van der Waals surface area contributed by atoms with E-state index in [0.29, 0.717) is 5.75 Å². The van der Waals surface area contributed by atoms with Crippen LogP contribution in [0.1, 0.15) is 31.4 Å². The van der Waals surface area contributed by atoms with Gasteiger partial charge in [-0.25, -0.2) is 4.39 Å². The van der Waals surface area contributed by atoms with Gasteiger partial charge in [0.05, 0.1) is 0 Å². The van der Waals surface area contributed by atoms with Crippen molar-refractivity contribution in [1.82, 2.24) is 9.47 Å². The van der Waals surface area contributed by atoms with E-state index >= 15 is 0 Å². The number of aryl methyl sites for hydroxylation is 1. The first-order valence-corrected chi connectivity index (χ1v) is 10.5. The molecule has 4 nitrogen and oxygen atoms in total. The second-order valence-corrected chi connectivity index (χ2v) is 7.28. The normalized spacial score (nSPS) is 11.1. The minimum absolute atomic E-state index is 0.152. The second kappa shape index (κ2) is 10.7. The topological polar surface area (TPSA) is 34.5 Å². The summed E-state index contributed by atoms with van der Waals surface area (Å²) in [6.07, 6.45) is 3.88. The number of hydrogen-bond acceptors (Lipinski definition) is 3. The first kappa shape index (κ1) is 21.8. The Balaban J connectivity index is 1.59. The fourth-order valence-corrected chi connectivity index (χ4v) is 3.38. The average Bonchev–Trinajstić information content (AvgIpc) is 2.77. The maximum atomic E-state index is 13.0. The molecule has 0 fully saturated rings. The van der Waals surface area contributed by atoms with Crippen molar-refractivity contribution in [3.05, 3.63) is 94.2 Å². The van der Waals surface area contributed by atoms with Crippen molar-refractivity contribution >= 4 is 0 Å². The van der Waals surface area contributed by atoms with Gasteiger partial charge in [0, 0.05) is 18.0 Å². The molecule has 0 aliphatic heterocycles. The molecule has 0 aliphatic carbocycles. The zero-order chi connectivity index (χ0) is 21.3. The van der Waals surface area contributed by atoms with E-state index in [1.807, 2.05) is 12.1 Å². The molecule has 0 aliphatic rings. The van der Waals surface area contributed by atoms with Crippen LogP contribution in [0.25, 0.3) is 5.69 Å². The van der Waals surface area contributed by atoms with Gasteiger partial charge in [0.1, 0.15) is 18.2 Å². The Kier molecular flexibility index (Phi) is 7.80. The van der Waals surface area contributed by atoms with E-state index in [1.54, 1.807) is 29.0 Å². The Labute approximate surface area is 177 Å². The number of ether oxygens (including phenoxy) is 1. The van der Waals surface area contributed by atoms with Crippen molar-refractivity contribution in [2.24, 2.45) is 0 Å². The number of nitrogens with zero attached hydrogens (tertiary/aromatic N) is 2. The summed E-state index contributed by atoms with van der Waals surface area (Å²) >= 11 is 0. The van der Waals surface area contributed by atoms with Crippen LogP contribution >= 0.6 is 0 Å². The molecule has 3 aromatic rings. The summed E-state index contributed by atoms with van der Waals surface area (Å²) < 4.78 is 20.2. The number of aromatic nitrogens is 1. The van der Waals surface area contributed by atoms with E-state index in [2.05, 4.69) is 30.9 Å². The molecule has 158 valence electrons. The van der Waals surface area contributed by atoms with E-state index in [4.69, 9.17) is 4.74 Å². The Bertz CT molecular complexity index is 977. The maximum Gasteiger partial charge on any atom is 0.258 e. The summed E-state index contributed by atoms with van der Waals surface area (Å²) in [7, 11) is 0. The van der Waals surface area contributed by atoms with E-state index in [9.17, 15) is 9.18 Å². The summed E-state index contributed by atoms with van der Waals surface area (Å²) in [5.41, 5.74) is 2.80. The summed E-state index contributed by atoms with van der Waals surface area (Å²) in [5, 5.41) is 0. The molecule has 0 radical (unpaired) electrons. The van der Waals surface area contributed by atoms with Crippen molar-refractivity contribution in [2.75, 3.05) is 19.6 Å². The number of hydrogen-bond donors (Lipinski definition) is 0. The number of pyridine rings is 1. The van der Waals surface area contributed by atoms with Crippen molar-refractivity contribution in [1.29, 1.82) is 0 Å². The molecule has 0 atom stereocenters. The van der Waals surface area contributed by atoms with Crippen molar-refractivity contribution in [3.8, 4) is 11.4 Å². The largest absolute Gasteiger partial charge is 0.489 e. The molecular weight excluding hydrogens is 379 g/mol. The second-order valence-electron chi connectivity index (χ2n) is 7.28. The SMILES string of the molecule is CCN(CC)CCCc1ccc(-n2ccc(OCc3ccc(F)cc3)cc2=O)cc1. The molecule has 0 saturated heterocycles. The molecule has 1 aromatic heterocycles. The quantitative estimate of drug-likeness (QED) is 0.482. The van der Waals surface area contributed by atoms with Crippen molar-refractivity contribution in [3.63, 3.8) is 0 Å². The number of benzene rings is 2. The zero-order valence-electron chi connectivity index (χ0n) is 17.7. The molecule has 0 saturated carbocycles. The van der Waals surface area contributed by atoms with Crippen LogP contribution in [0.2, 0.25) is 0 Å². The van der Waals surface area contributed by atoms with E-state index in [-0.39, 0.29) is 18.0 Å². The van der Waals surface area contributed by atoms with Gasteiger partial charge in [-0.15, -0.1) is 0 Å². The van der Waals surface area contributed by atoms with Crippen LogP contribution in [0, 0.1) is 5.82 Å². The average molecular weight is 409 g/mol. The summed E-state index contributed by atoms with van der Waals surface area (Å²) in [4.78, 5) is 14.9. The van der Waals surface area contributed by atoms with E-state index in [0.717, 1.165) is 43.7 Å². The predicted molar refractivity (Wildman–Crippen MR) is 119 cm³/mol. The van der Waals surface area contributed by atoms with Crippen LogP contribution in [-0.4, -0.2) is 29.1 Å². The lowest BCUT2D eigenvalue weighted by Gasteiger charge is -2.17. The van der Waals surface area contributed by atoms with Gasteiger partial charge >= 0.3 is 0 Å². The number of rotatable bonds is 10. The van der Waals surface area contributed by atoms with Gasteiger partial charge in [-0.3, -0.25) is 9.36 Å². The van der Waals surface area contributed by atoms with Crippen LogP contribution < -0.4 is 10.3 Å². The molecule has 1 heterocycles. The molecule has 5 heteroatoms. The summed E-state index contributed by atoms with van der Waals surface area (Å²) in [6, 6.07) is 17.5. The minimum atomic E-state index is -0.281. The van der Waals surface area contributed by atoms with Gasteiger partial charge in [-0.2, -0.15) is 0 Å². The molecule has 0 N–H and O–H groups in total. The van der Waals surface area contributed by atoms with Gasteiger partial charge in [0.2, 0.25) is 0 Å².